The predicted octanol–water partition coefficient (Wildman–Crippen LogP) is 4.86. The highest BCUT2D eigenvalue weighted by Crippen LogP contribution is 2.36. The van der Waals surface area contributed by atoms with Crippen molar-refractivity contribution in [2.24, 2.45) is 0 Å². The van der Waals surface area contributed by atoms with E-state index in [9.17, 15) is 14.4 Å². The zero-order valence-corrected chi connectivity index (χ0v) is 16.6. The average molecular weight is 418 g/mol. The standard InChI is InChI=1S/C23H18N2O4S/c26-21-19(30-23(28)25-21)14-16-10-7-13-18(15-8-3-1-4-9-15)20(16)29-22(27)24-17-11-5-2-6-12-17/h1-13,19H,14H2,(H,24,27)(H,25,26,28). The number of carbonyl (C=O) groups is 3. The van der Waals surface area contributed by atoms with Crippen molar-refractivity contribution in [1.29, 1.82) is 0 Å². The molecule has 3 aromatic carbocycles. The van der Waals surface area contributed by atoms with E-state index in [4.69, 9.17) is 4.74 Å². The molecule has 0 spiro atoms. The Morgan fingerprint density at radius 2 is 1.63 bits per heavy atom. The van der Waals surface area contributed by atoms with Crippen LogP contribution in [0.2, 0.25) is 0 Å². The summed E-state index contributed by atoms with van der Waals surface area (Å²) in [6, 6.07) is 24.0. The lowest BCUT2D eigenvalue weighted by Gasteiger charge is -2.16. The van der Waals surface area contributed by atoms with Gasteiger partial charge in [0.15, 0.2) is 0 Å². The predicted molar refractivity (Wildman–Crippen MR) is 117 cm³/mol. The number of para-hydroxylation sites is 2. The summed E-state index contributed by atoms with van der Waals surface area (Å²) in [7, 11) is 0. The molecule has 1 heterocycles. The number of amides is 3. The zero-order chi connectivity index (χ0) is 20.9. The monoisotopic (exact) mass is 418 g/mol. The van der Waals surface area contributed by atoms with Gasteiger partial charge in [0.2, 0.25) is 5.91 Å². The van der Waals surface area contributed by atoms with E-state index in [1.165, 1.54) is 0 Å². The molecule has 4 rings (SSSR count). The Morgan fingerprint density at radius 1 is 0.933 bits per heavy atom. The van der Waals surface area contributed by atoms with Gasteiger partial charge >= 0.3 is 6.09 Å². The quantitative estimate of drug-likeness (QED) is 0.618. The fraction of sp³-hybridized carbons (Fsp3) is 0.0870. The highest BCUT2D eigenvalue weighted by Gasteiger charge is 2.32. The molecular weight excluding hydrogens is 400 g/mol. The number of ether oxygens (including phenoxy) is 1. The smallest absolute Gasteiger partial charge is 0.409 e. The van der Waals surface area contributed by atoms with E-state index in [1.807, 2.05) is 60.7 Å². The van der Waals surface area contributed by atoms with Crippen LogP contribution in [-0.2, 0) is 11.2 Å². The molecule has 1 fully saturated rings. The highest BCUT2D eigenvalue weighted by molar-refractivity contribution is 8.15. The molecule has 2 N–H and O–H groups in total. The molecule has 0 radical (unpaired) electrons. The van der Waals surface area contributed by atoms with Gasteiger partial charge in [-0.15, -0.1) is 0 Å². The first-order valence-corrected chi connectivity index (χ1v) is 10.2. The van der Waals surface area contributed by atoms with Gasteiger partial charge in [-0.25, -0.2) is 4.79 Å². The molecule has 1 saturated heterocycles. The fourth-order valence-corrected chi connectivity index (χ4v) is 4.04. The summed E-state index contributed by atoms with van der Waals surface area (Å²) in [6.07, 6.45) is -0.373. The van der Waals surface area contributed by atoms with Gasteiger partial charge in [-0.1, -0.05) is 78.5 Å². The summed E-state index contributed by atoms with van der Waals surface area (Å²) in [5, 5.41) is 4.06. The number of hydrogen-bond acceptors (Lipinski definition) is 5. The largest absolute Gasteiger partial charge is 0.417 e. The number of imide groups is 1. The normalized spacial score (nSPS) is 15.5. The molecule has 1 unspecified atom stereocenters. The second kappa shape index (κ2) is 8.84. The molecule has 7 heteroatoms. The van der Waals surface area contributed by atoms with Crippen LogP contribution in [0.4, 0.5) is 15.3 Å². The van der Waals surface area contributed by atoms with E-state index in [2.05, 4.69) is 10.6 Å². The molecule has 1 aliphatic heterocycles. The minimum atomic E-state index is -0.634. The minimum absolute atomic E-state index is 0.261. The number of rotatable bonds is 5. The van der Waals surface area contributed by atoms with E-state index in [0.29, 0.717) is 17.0 Å². The van der Waals surface area contributed by atoms with Crippen molar-refractivity contribution >= 4 is 34.7 Å². The second-order valence-corrected chi connectivity index (χ2v) is 7.80. The van der Waals surface area contributed by atoms with Crippen LogP contribution in [-0.4, -0.2) is 22.5 Å². The Morgan fingerprint density at radius 3 is 2.30 bits per heavy atom. The SMILES string of the molecule is O=C(Nc1ccccc1)Oc1c(CC2SC(=O)NC2=O)cccc1-c1ccccc1. The van der Waals surface area contributed by atoms with Gasteiger partial charge in [0.1, 0.15) is 5.75 Å². The molecule has 150 valence electrons. The molecule has 1 aliphatic rings. The van der Waals surface area contributed by atoms with Crippen molar-refractivity contribution in [3.05, 3.63) is 84.4 Å². The minimum Gasteiger partial charge on any atom is -0.409 e. The first-order chi connectivity index (χ1) is 14.6. The van der Waals surface area contributed by atoms with Crippen molar-refractivity contribution in [2.75, 3.05) is 5.32 Å². The lowest BCUT2D eigenvalue weighted by Crippen LogP contribution is -2.26. The Kier molecular flexibility index (Phi) is 5.81. The van der Waals surface area contributed by atoms with Crippen LogP contribution in [0.25, 0.3) is 11.1 Å². The Labute approximate surface area is 177 Å². The summed E-state index contributed by atoms with van der Waals surface area (Å²) in [5.41, 5.74) is 2.88. The first-order valence-electron chi connectivity index (χ1n) is 9.33. The van der Waals surface area contributed by atoms with E-state index in [1.54, 1.807) is 18.2 Å². The topological polar surface area (TPSA) is 84.5 Å². The molecular formula is C23H18N2O4S. The van der Waals surface area contributed by atoms with Crippen molar-refractivity contribution < 1.29 is 19.1 Å². The number of thioether (sulfide) groups is 1. The fourth-order valence-electron chi connectivity index (χ4n) is 3.20. The summed E-state index contributed by atoms with van der Waals surface area (Å²) in [5.74, 6) is 0.0275. The van der Waals surface area contributed by atoms with E-state index >= 15 is 0 Å². The van der Waals surface area contributed by atoms with Crippen molar-refractivity contribution in [1.82, 2.24) is 5.32 Å². The van der Waals surface area contributed by atoms with Crippen LogP contribution in [0.5, 0.6) is 5.75 Å². The summed E-state index contributed by atoms with van der Waals surface area (Å²) in [4.78, 5) is 36.2. The van der Waals surface area contributed by atoms with Crippen LogP contribution in [0.3, 0.4) is 0 Å². The number of anilines is 1. The van der Waals surface area contributed by atoms with E-state index in [0.717, 1.165) is 22.9 Å². The number of carbonyl (C=O) groups excluding carboxylic acids is 3. The molecule has 1 atom stereocenters. The summed E-state index contributed by atoms with van der Waals surface area (Å²) in [6.45, 7) is 0. The summed E-state index contributed by atoms with van der Waals surface area (Å²) < 4.78 is 5.73. The number of nitrogens with one attached hydrogen (secondary N) is 2. The van der Waals surface area contributed by atoms with Crippen LogP contribution in [0, 0.1) is 0 Å². The van der Waals surface area contributed by atoms with Crippen LogP contribution < -0.4 is 15.4 Å². The van der Waals surface area contributed by atoms with Crippen LogP contribution in [0.15, 0.2) is 78.9 Å². The Balaban J connectivity index is 1.66. The third-order valence-corrected chi connectivity index (χ3v) is 5.55. The molecule has 0 aromatic heterocycles. The maximum atomic E-state index is 12.6. The number of hydrogen-bond donors (Lipinski definition) is 2. The molecule has 0 bridgehead atoms. The van der Waals surface area contributed by atoms with Crippen molar-refractivity contribution in [2.45, 2.75) is 11.7 Å². The van der Waals surface area contributed by atoms with Crippen molar-refractivity contribution in [3.8, 4) is 16.9 Å². The second-order valence-electron chi connectivity index (χ2n) is 6.63. The van der Waals surface area contributed by atoms with Crippen molar-refractivity contribution in [3.63, 3.8) is 0 Å². The van der Waals surface area contributed by atoms with Gasteiger partial charge in [-0.2, -0.15) is 0 Å². The zero-order valence-electron chi connectivity index (χ0n) is 15.8. The van der Waals surface area contributed by atoms with Gasteiger partial charge in [-0.05, 0) is 29.7 Å². The van der Waals surface area contributed by atoms with Gasteiger partial charge in [-0.3, -0.25) is 20.2 Å². The van der Waals surface area contributed by atoms with Crippen LogP contribution >= 0.6 is 11.8 Å². The molecule has 30 heavy (non-hydrogen) atoms. The van der Waals surface area contributed by atoms with Gasteiger partial charge in [0, 0.05) is 11.3 Å². The van der Waals surface area contributed by atoms with E-state index < -0.39 is 11.3 Å². The maximum Gasteiger partial charge on any atom is 0.417 e. The lowest BCUT2D eigenvalue weighted by atomic mass is 9.99. The summed E-state index contributed by atoms with van der Waals surface area (Å²) >= 11 is 0.945. The lowest BCUT2D eigenvalue weighted by molar-refractivity contribution is -0.118. The van der Waals surface area contributed by atoms with Gasteiger partial charge in [0.05, 0.1) is 5.25 Å². The average Bonchev–Trinajstić information content (AvgIpc) is 3.07. The van der Waals surface area contributed by atoms with Crippen LogP contribution in [0.1, 0.15) is 5.56 Å². The Hall–Kier alpha value is -3.58. The number of benzene rings is 3. The molecule has 0 aliphatic carbocycles. The molecule has 3 amide bonds. The first kappa shape index (κ1) is 19.7. The molecule has 6 nitrogen and oxygen atoms in total. The highest BCUT2D eigenvalue weighted by atomic mass is 32.2. The third-order valence-electron chi connectivity index (χ3n) is 4.57. The Bertz CT molecular complexity index is 1090. The third kappa shape index (κ3) is 4.52. The van der Waals surface area contributed by atoms with Gasteiger partial charge < -0.3 is 4.74 Å². The van der Waals surface area contributed by atoms with Gasteiger partial charge in [0.25, 0.3) is 5.24 Å². The molecule has 0 saturated carbocycles. The van der Waals surface area contributed by atoms with E-state index in [-0.39, 0.29) is 17.6 Å². The molecule has 3 aromatic rings. The maximum absolute atomic E-state index is 12.6.